The fraction of sp³-hybridized carbons (Fsp3) is 0. The molecule has 0 aliphatic carbocycles. The van der Waals surface area contributed by atoms with Gasteiger partial charge in [0.2, 0.25) is 0 Å². The summed E-state index contributed by atoms with van der Waals surface area (Å²) in [7, 11) is -6.00. The van der Waals surface area contributed by atoms with Crippen LogP contribution < -0.4 is 0 Å². The number of nitrogens with zero attached hydrogens (tertiary/aromatic N) is 1. The molecule has 0 saturated carbocycles. The van der Waals surface area contributed by atoms with E-state index < -0.39 is 7.25 Å². The number of rotatable bonds is 4. The molecule has 0 aliphatic rings. The quantitative estimate of drug-likeness (QED) is 0.179. The third-order valence-corrected chi connectivity index (χ3v) is 4.46. The molecule has 1 aromatic heterocycles. The molecule has 4 aromatic rings. The Labute approximate surface area is 189 Å². The van der Waals surface area contributed by atoms with Gasteiger partial charge < -0.3 is 17.3 Å². The molecule has 0 N–H and O–H groups in total. The minimum atomic E-state index is -6.00. The zero-order chi connectivity index (χ0) is 23.7. The molecule has 0 aliphatic heterocycles. The van der Waals surface area contributed by atoms with E-state index in [1.807, 2.05) is 91.0 Å². The summed E-state index contributed by atoms with van der Waals surface area (Å²) < 4.78 is 45.2. The second-order valence-electron chi connectivity index (χ2n) is 6.91. The Morgan fingerprint density at radius 1 is 0.667 bits per heavy atom. The largest absolute Gasteiger partial charge is 0.673 e. The Hall–Kier alpha value is -4.18. The molecule has 2 nitrogen and oxygen atoms in total. The molecule has 33 heavy (non-hydrogen) atoms. The van der Waals surface area contributed by atoms with Gasteiger partial charge in [-0.15, -0.1) is 0 Å². The van der Waals surface area contributed by atoms with Crippen molar-refractivity contribution in [2.75, 3.05) is 0 Å². The van der Waals surface area contributed by atoms with E-state index in [0.29, 0.717) is 5.56 Å². The van der Waals surface area contributed by atoms with Gasteiger partial charge in [-0.1, -0.05) is 60.7 Å². The van der Waals surface area contributed by atoms with Crippen molar-refractivity contribution in [3.8, 4) is 28.5 Å². The molecule has 0 atom stereocenters. The number of benzene rings is 3. The summed E-state index contributed by atoms with van der Waals surface area (Å²) >= 11 is 0. The molecule has 0 fully saturated rings. The van der Waals surface area contributed by atoms with Crippen molar-refractivity contribution in [3.63, 3.8) is 0 Å². The van der Waals surface area contributed by atoms with Crippen LogP contribution in [0.15, 0.2) is 101 Å². The molecule has 0 amide bonds. The highest BCUT2D eigenvalue weighted by molar-refractivity contribution is 6.50. The standard InChI is InChI=1S/C26H18NO.BF4/c27-19-21-13-11-20(12-14-21)15-16-25-17-24(22-7-3-1-4-8-22)18-26(28-25)23-9-5-2-6-10-23;2-1(3,4)5/h1-18H;/q+1;-1/b16-15+;. The maximum atomic E-state index is 9.75. The number of nitriles is 1. The van der Waals surface area contributed by atoms with Crippen molar-refractivity contribution < 1.29 is 21.7 Å². The maximum Gasteiger partial charge on any atom is 0.673 e. The Bertz CT molecular complexity index is 1190. The molecular weight excluding hydrogens is 429 g/mol. The van der Waals surface area contributed by atoms with Gasteiger partial charge in [-0.3, -0.25) is 0 Å². The van der Waals surface area contributed by atoms with E-state index in [4.69, 9.17) is 9.68 Å². The van der Waals surface area contributed by atoms with Crippen molar-refractivity contribution in [3.05, 3.63) is 114 Å². The maximum absolute atomic E-state index is 9.75. The van der Waals surface area contributed by atoms with Crippen molar-refractivity contribution >= 4 is 19.4 Å². The summed E-state index contributed by atoms with van der Waals surface area (Å²) in [6.45, 7) is 0. The first kappa shape index (κ1) is 23.5. The molecular formula is C26H18BF4NO. The predicted octanol–water partition coefficient (Wildman–Crippen LogP) is 8.24. The highest BCUT2D eigenvalue weighted by Gasteiger charge is 2.20. The summed E-state index contributed by atoms with van der Waals surface area (Å²) in [4.78, 5) is 0. The van der Waals surface area contributed by atoms with E-state index in [2.05, 4.69) is 24.3 Å². The average Bonchev–Trinajstić information content (AvgIpc) is 2.83. The molecule has 1 heterocycles. The van der Waals surface area contributed by atoms with Crippen LogP contribution in [-0.2, 0) is 0 Å². The van der Waals surface area contributed by atoms with E-state index in [1.54, 1.807) is 0 Å². The number of hydrogen-bond donors (Lipinski definition) is 0. The van der Waals surface area contributed by atoms with Crippen LogP contribution in [0.1, 0.15) is 16.9 Å². The molecule has 4 rings (SSSR count). The molecule has 0 saturated heterocycles. The first-order valence-corrected chi connectivity index (χ1v) is 9.96. The second kappa shape index (κ2) is 10.9. The van der Waals surface area contributed by atoms with Crippen LogP contribution in [0.3, 0.4) is 0 Å². The third-order valence-electron chi connectivity index (χ3n) is 4.46. The van der Waals surface area contributed by atoms with Gasteiger partial charge in [-0.05, 0) is 41.5 Å². The van der Waals surface area contributed by atoms with E-state index in [9.17, 15) is 17.3 Å². The zero-order valence-electron chi connectivity index (χ0n) is 17.3. The van der Waals surface area contributed by atoms with Gasteiger partial charge in [-0.25, -0.2) is 4.42 Å². The highest BCUT2D eigenvalue weighted by Crippen LogP contribution is 2.29. The minimum Gasteiger partial charge on any atom is -0.418 e. The Kier molecular flexibility index (Phi) is 7.77. The summed E-state index contributed by atoms with van der Waals surface area (Å²) in [5.74, 6) is 1.59. The van der Waals surface area contributed by atoms with E-state index in [-0.39, 0.29) is 0 Å². The molecule has 0 spiro atoms. The number of halogens is 4. The molecule has 7 heteroatoms. The second-order valence-corrected chi connectivity index (χ2v) is 6.91. The monoisotopic (exact) mass is 447 g/mol. The lowest BCUT2D eigenvalue weighted by Gasteiger charge is -2.00. The lowest BCUT2D eigenvalue weighted by molar-refractivity contribution is 0.368. The van der Waals surface area contributed by atoms with E-state index >= 15 is 0 Å². The van der Waals surface area contributed by atoms with Crippen LogP contribution >= 0.6 is 0 Å². The van der Waals surface area contributed by atoms with Gasteiger partial charge in [0.1, 0.15) is 0 Å². The topological polar surface area (TPSA) is 35.1 Å². The van der Waals surface area contributed by atoms with Crippen LogP contribution in [0.4, 0.5) is 17.3 Å². The molecule has 0 radical (unpaired) electrons. The highest BCUT2D eigenvalue weighted by atomic mass is 19.5. The van der Waals surface area contributed by atoms with Crippen LogP contribution in [-0.4, -0.2) is 7.25 Å². The van der Waals surface area contributed by atoms with Gasteiger partial charge in [0.25, 0.3) is 0 Å². The van der Waals surface area contributed by atoms with Crippen LogP contribution in [0.2, 0.25) is 0 Å². The SMILES string of the molecule is F[B-](F)(F)F.N#Cc1ccc(/C=C/c2cc(-c3ccccc3)cc(-c3ccccc3)[o+]2)cc1. The van der Waals surface area contributed by atoms with Crippen LogP contribution in [0.5, 0.6) is 0 Å². The van der Waals surface area contributed by atoms with E-state index in [0.717, 1.165) is 33.8 Å². The van der Waals surface area contributed by atoms with Crippen molar-refractivity contribution in [1.29, 1.82) is 5.26 Å². The normalized spacial score (nSPS) is 10.9. The predicted molar refractivity (Wildman–Crippen MR) is 124 cm³/mol. The minimum absolute atomic E-state index is 0.652. The zero-order valence-corrected chi connectivity index (χ0v) is 17.3. The van der Waals surface area contributed by atoms with Gasteiger partial charge in [0.15, 0.2) is 0 Å². The first-order chi connectivity index (χ1) is 15.8. The summed E-state index contributed by atoms with van der Waals surface area (Å²) in [6.07, 6.45) is 3.95. The summed E-state index contributed by atoms with van der Waals surface area (Å²) in [5.41, 5.74) is 4.95. The van der Waals surface area contributed by atoms with Gasteiger partial charge in [0, 0.05) is 11.6 Å². The third kappa shape index (κ3) is 7.78. The van der Waals surface area contributed by atoms with Gasteiger partial charge >= 0.3 is 18.8 Å². The summed E-state index contributed by atoms with van der Waals surface area (Å²) in [6, 6.07) is 34.1. The lowest BCUT2D eigenvalue weighted by Crippen LogP contribution is -2.02. The molecule has 0 bridgehead atoms. The van der Waals surface area contributed by atoms with Crippen molar-refractivity contribution in [2.24, 2.45) is 0 Å². The first-order valence-electron chi connectivity index (χ1n) is 9.96. The molecule has 0 unspecified atom stereocenters. The fourth-order valence-electron chi connectivity index (χ4n) is 2.99. The van der Waals surface area contributed by atoms with Gasteiger partial charge in [-0.2, -0.15) is 5.26 Å². The smallest absolute Gasteiger partial charge is 0.418 e. The average molecular weight is 447 g/mol. The van der Waals surface area contributed by atoms with Crippen LogP contribution in [0.25, 0.3) is 34.6 Å². The van der Waals surface area contributed by atoms with Crippen molar-refractivity contribution in [2.45, 2.75) is 0 Å². The van der Waals surface area contributed by atoms with Crippen molar-refractivity contribution in [1.82, 2.24) is 0 Å². The lowest BCUT2D eigenvalue weighted by atomic mass is 10.0. The Morgan fingerprint density at radius 2 is 1.21 bits per heavy atom. The Morgan fingerprint density at radius 3 is 1.76 bits per heavy atom. The summed E-state index contributed by atoms with van der Waals surface area (Å²) in [5, 5.41) is 8.93. The molecule has 3 aromatic carbocycles. The Balaban J connectivity index is 0.000000555. The van der Waals surface area contributed by atoms with Crippen LogP contribution in [0, 0.1) is 11.3 Å². The fourth-order valence-corrected chi connectivity index (χ4v) is 2.99. The van der Waals surface area contributed by atoms with Gasteiger partial charge in [0.05, 0.1) is 29.3 Å². The molecule has 164 valence electrons. The number of hydrogen-bond acceptors (Lipinski definition) is 1. The van der Waals surface area contributed by atoms with E-state index in [1.165, 1.54) is 0 Å².